The van der Waals surface area contributed by atoms with E-state index in [2.05, 4.69) is 10.6 Å². The van der Waals surface area contributed by atoms with Crippen LogP contribution in [0.25, 0.3) is 0 Å². The molecule has 1 fully saturated rings. The van der Waals surface area contributed by atoms with Gasteiger partial charge in [-0.15, -0.1) is 0 Å². The standard InChI is InChI=1S/C20H20FN3O3/c1-13(25)14-7-9-16(10-8-14)22-19(26)18-6-3-11-24(18)20(27)23-17-5-2-4-15(21)12-17/h2,4-5,7-10,12,18H,3,6,11H2,1H3,(H,22,26)(H,23,27). The Hall–Kier alpha value is -3.22. The average molecular weight is 369 g/mol. The van der Waals surface area contributed by atoms with Gasteiger partial charge in [-0.3, -0.25) is 9.59 Å². The third kappa shape index (κ3) is 4.49. The summed E-state index contributed by atoms with van der Waals surface area (Å²) in [7, 11) is 0. The van der Waals surface area contributed by atoms with Crippen molar-refractivity contribution in [3.63, 3.8) is 0 Å². The Morgan fingerprint density at radius 2 is 1.78 bits per heavy atom. The van der Waals surface area contributed by atoms with Crippen molar-refractivity contribution in [2.75, 3.05) is 17.2 Å². The fourth-order valence-electron chi connectivity index (χ4n) is 3.06. The van der Waals surface area contributed by atoms with Gasteiger partial charge in [0.05, 0.1) is 0 Å². The summed E-state index contributed by atoms with van der Waals surface area (Å²) < 4.78 is 13.3. The number of carbonyl (C=O) groups is 3. The third-order valence-electron chi connectivity index (χ3n) is 4.45. The van der Waals surface area contributed by atoms with Crippen LogP contribution in [-0.4, -0.2) is 35.2 Å². The van der Waals surface area contributed by atoms with Gasteiger partial charge in [-0.25, -0.2) is 9.18 Å². The maximum absolute atomic E-state index is 13.3. The molecule has 1 atom stereocenters. The number of amides is 3. The quantitative estimate of drug-likeness (QED) is 0.807. The van der Waals surface area contributed by atoms with Crippen molar-refractivity contribution in [2.24, 2.45) is 0 Å². The normalized spacial score (nSPS) is 16.1. The molecule has 2 aromatic rings. The topological polar surface area (TPSA) is 78.5 Å². The van der Waals surface area contributed by atoms with Crippen LogP contribution in [0.2, 0.25) is 0 Å². The van der Waals surface area contributed by atoms with Gasteiger partial charge in [-0.1, -0.05) is 6.07 Å². The average Bonchev–Trinajstić information content (AvgIpc) is 3.12. The largest absolute Gasteiger partial charge is 0.324 e. The number of likely N-dealkylation sites (tertiary alicyclic amines) is 1. The first-order chi connectivity index (χ1) is 12.9. The Kier molecular flexibility index (Phi) is 5.49. The van der Waals surface area contributed by atoms with Gasteiger partial charge in [0.15, 0.2) is 5.78 Å². The molecular weight excluding hydrogens is 349 g/mol. The minimum atomic E-state index is -0.606. The summed E-state index contributed by atoms with van der Waals surface area (Å²) >= 11 is 0. The first-order valence-electron chi connectivity index (χ1n) is 8.69. The highest BCUT2D eigenvalue weighted by atomic mass is 19.1. The zero-order valence-electron chi connectivity index (χ0n) is 14.9. The summed E-state index contributed by atoms with van der Waals surface area (Å²) in [6, 6.07) is 11.1. The molecule has 1 aliphatic rings. The summed E-state index contributed by atoms with van der Waals surface area (Å²) in [4.78, 5) is 37.8. The lowest BCUT2D eigenvalue weighted by molar-refractivity contribution is -0.119. The SMILES string of the molecule is CC(=O)c1ccc(NC(=O)C2CCCN2C(=O)Nc2cccc(F)c2)cc1. The monoisotopic (exact) mass is 369 g/mol. The van der Waals surface area contributed by atoms with Crippen LogP contribution in [0.4, 0.5) is 20.6 Å². The van der Waals surface area contributed by atoms with Crippen LogP contribution in [-0.2, 0) is 4.79 Å². The van der Waals surface area contributed by atoms with E-state index in [4.69, 9.17) is 0 Å². The molecule has 27 heavy (non-hydrogen) atoms. The second kappa shape index (κ2) is 7.99. The molecule has 1 heterocycles. The molecule has 0 spiro atoms. The Labute approximate surface area is 156 Å². The van der Waals surface area contributed by atoms with Gasteiger partial charge in [-0.2, -0.15) is 0 Å². The highest BCUT2D eigenvalue weighted by Gasteiger charge is 2.34. The first-order valence-corrected chi connectivity index (χ1v) is 8.69. The van der Waals surface area contributed by atoms with Crippen molar-refractivity contribution in [1.82, 2.24) is 4.90 Å². The maximum Gasteiger partial charge on any atom is 0.322 e. The fraction of sp³-hybridized carbons (Fsp3) is 0.250. The van der Waals surface area contributed by atoms with E-state index in [1.54, 1.807) is 30.3 Å². The van der Waals surface area contributed by atoms with Gasteiger partial charge in [0, 0.05) is 23.5 Å². The van der Waals surface area contributed by atoms with Crippen LogP contribution in [0.1, 0.15) is 30.1 Å². The zero-order chi connectivity index (χ0) is 19.4. The van der Waals surface area contributed by atoms with Gasteiger partial charge in [0.25, 0.3) is 0 Å². The van der Waals surface area contributed by atoms with Gasteiger partial charge >= 0.3 is 6.03 Å². The van der Waals surface area contributed by atoms with Crippen molar-refractivity contribution in [3.8, 4) is 0 Å². The van der Waals surface area contributed by atoms with Crippen LogP contribution >= 0.6 is 0 Å². The van der Waals surface area contributed by atoms with E-state index in [0.29, 0.717) is 36.3 Å². The lowest BCUT2D eigenvalue weighted by Gasteiger charge is -2.24. The molecule has 3 rings (SSSR count). The second-order valence-corrected chi connectivity index (χ2v) is 6.41. The van der Waals surface area contributed by atoms with Crippen molar-refractivity contribution < 1.29 is 18.8 Å². The molecule has 7 heteroatoms. The smallest absolute Gasteiger partial charge is 0.322 e. The lowest BCUT2D eigenvalue weighted by Crippen LogP contribution is -2.45. The number of hydrogen-bond donors (Lipinski definition) is 2. The highest BCUT2D eigenvalue weighted by molar-refractivity contribution is 6.00. The van der Waals surface area contributed by atoms with Crippen molar-refractivity contribution in [1.29, 1.82) is 0 Å². The summed E-state index contributed by atoms with van der Waals surface area (Å²) in [5, 5.41) is 5.40. The summed E-state index contributed by atoms with van der Waals surface area (Å²) in [6.45, 7) is 1.92. The number of carbonyl (C=O) groups excluding carboxylic acids is 3. The molecule has 2 N–H and O–H groups in total. The van der Waals surface area contributed by atoms with Gasteiger partial charge in [0.2, 0.25) is 5.91 Å². The van der Waals surface area contributed by atoms with Crippen LogP contribution < -0.4 is 10.6 Å². The second-order valence-electron chi connectivity index (χ2n) is 6.41. The van der Waals surface area contributed by atoms with E-state index in [0.717, 1.165) is 0 Å². The first kappa shape index (κ1) is 18.6. The van der Waals surface area contributed by atoms with E-state index >= 15 is 0 Å². The number of hydrogen-bond acceptors (Lipinski definition) is 3. The molecule has 0 bridgehead atoms. The summed E-state index contributed by atoms with van der Waals surface area (Å²) in [5.74, 6) is -0.793. The van der Waals surface area contributed by atoms with Crippen molar-refractivity contribution in [2.45, 2.75) is 25.8 Å². The van der Waals surface area contributed by atoms with Gasteiger partial charge in [-0.05, 0) is 62.2 Å². The highest BCUT2D eigenvalue weighted by Crippen LogP contribution is 2.21. The molecule has 0 aliphatic carbocycles. The van der Waals surface area contributed by atoms with Crippen molar-refractivity contribution in [3.05, 3.63) is 59.9 Å². The molecule has 140 valence electrons. The number of anilines is 2. The third-order valence-corrected chi connectivity index (χ3v) is 4.45. The van der Waals surface area contributed by atoms with E-state index in [1.165, 1.54) is 30.0 Å². The summed E-state index contributed by atoms with van der Waals surface area (Å²) in [6.07, 6.45) is 1.26. The van der Waals surface area contributed by atoms with Gasteiger partial charge in [0.1, 0.15) is 11.9 Å². The number of rotatable bonds is 4. The molecule has 0 saturated carbocycles. The fourth-order valence-corrected chi connectivity index (χ4v) is 3.06. The Morgan fingerprint density at radius 1 is 1.04 bits per heavy atom. The van der Waals surface area contributed by atoms with E-state index in [-0.39, 0.29) is 11.7 Å². The Morgan fingerprint density at radius 3 is 2.44 bits per heavy atom. The predicted molar refractivity (Wildman–Crippen MR) is 100 cm³/mol. The molecule has 0 aromatic heterocycles. The van der Waals surface area contributed by atoms with Crippen LogP contribution in [0, 0.1) is 5.82 Å². The number of ketones is 1. The molecule has 1 unspecified atom stereocenters. The Bertz CT molecular complexity index is 867. The minimum absolute atomic E-state index is 0.0520. The number of nitrogens with one attached hydrogen (secondary N) is 2. The number of benzene rings is 2. The van der Waals surface area contributed by atoms with Crippen LogP contribution in [0.15, 0.2) is 48.5 Å². The van der Waals surface area contributed by atoms with E-state index in [9.17, 15) is 18.8 Å². The zero-order valence-corrected chi connectivity index (χ0v) is 14.9. The lowest BCUT2D eigenvalue weighted by atomic mass is 10.1. The van der Waals surface area contributed by atoms with E-state index in [1.807, 2.05) is 0 Å². The van der Waals surface area contributed by atoms with Crippen LogP contribution in [0.5, 0.6) is 0 Å². The predicted octanol–water partition coefficient (Wildman–Crippen LogP) is 3.66. The molecule has 1 aliphatic heterocycles. The van der Waals surface area contributed by atoms with Crippen LogP contribution in [0.3, 0.4) is 0 Å². The number of urea groups is 1. The minimum Gasteiger partial charge on any atom is -0.324 e. The number of halogens is 1. The Balaban J connectivity index is 1.65. The summed E-state index contributed by atoms with van der Waals surface area (Å²) in [5.41, 5.74) is 1.46. The number of Topliss-reactive ketones (excluding diaryl/α,β-unsaturated/α-hetero) is 1. The molecule has 0 radical (unpaired) electrons. The van der Waals surface area contributed by atoms with Crippen molar-refractivity contribution >= 4 is 29.1 Å². The van der Waals surface area contributed by atoms with Gasteiger partial charge < -0.3 is 15.5 Å². The maximum atomic E-state index is 13.3. The molecule has 6 nitrogen and oxygen atoms in total. The molecule has 3 amide bonds. The van der Waals surface area contributed by atoms with E-state index < -0.39 is 17.9 Å². The molecular formula is C20H20FN3O3. The molecule has 1 saturated heterocycles. The molecule has 2 aromatic carbocycles. The number of nitrogens with zero attached hydrogens (tertiary/aromatic N) is 1.